The summed E-state index contributed by atoms with van der Waals surface area (Å²) in [4.78, 5) is 21.1. The number of rotatable bonds is 6. The van der Waals surface area contributed by atoms with Crippen LogP contribution in [0, 0.1) is 6.92 Å². The maximum Gasteiger partial charge on any atom is 0.255 e. The second kappa shape index (κ2) is 8.49. The van der Waals surface area contributed by atoms with E-state index in [0.29, 0.717) is 12.1 Å². The van der Waals surface area contributed by atoms with Crippen LogP contribution in [0.1, 0.15) is 28.4 Å². The largest absolute Gasteiger partial charge is 0.337 e. The SMILES string of the molecule is CCN(c1cccc(C)c1)c1ccc(C(=O)N(C)Cc2ccccc2)cn1. The van der Waals surface area contributed by atoms with Gasteiger partial charge in [0.2, 0.25) is 0 Å². The van der Waals surface area contributed by atoms with Crippen LogP contribution < -0.4 is 4.90 Å². The van der Waals surface area contributed by atoms with Crippen molar-refractivity contribution in [1.29, 1.82) is 0 Å². The number of anilines is 2. The zero-order valence-electron chi connectivity index (χ0n) is 16.1. The Bertz CT molecular complexity index is 891. The lowest BCUT2D eigenvalue weighted by atomic mass is 10.2. The lowest BCUT2D eigenvalue weighted by Gasteiger charge is -2.23. The first-order chi connectivity index (χ1) is 13.1. The third-order valence-corrected chi connectivity index (χ3v) is 4.51. The molecule has 0 spiro atoms. The van der Waals surface area contributed by atoms with Crippen molar-refractivity contribution in [3.63, 3.8) is 0 Å². The summed E-state index contributed by atoms with van der Waals surface area (Å²) in [5, 5.41) is 0. The van der Waals surface area contributed by atoms with E-state index in [2.05, 4.69) is 41.9 Å². The highest BCUT2D eigenvalue weighted by Crippen LogP contribution is 2.24. The topological polar surface area (TPSA) is 36.4 Å². The fourth-order valence-electron chi connectivity index (χ4n) is 3.09. The van der Waals surface area contributed by atoms with Gasteiger partial charge in [0.05, 0.1) is 5.56 Å². The summed E-state index contributed by atoms with van der Waals surface area (Å²) in [5.74, 6) is 0.807. The summed E-state index contributed by atoms with van der Waals surface area (Å²) in [6.07, 6.45) is 1.66. The van der Waals surface area contributed by atoms with Crippen LogP contribution in [0.15, 0.2) is 72.9 Å². The molecule has 1 aromatic heterocycles. The molecule has 0 aliphatic rings. The van der Waals surface area contributed by atoms with E-state index < -0.39 is 0 Å². The van der Waals surface area contributed by atoms with Gasteiger partial charge in [0.15, 0.2) is 0 Å². The maximum atomic E-state index is 12.7. The van der Waals surface area contributed by atoms with Crippen molar-refractivity contribution in [3.05, 3.63) is 89.6 Å². The van der Waals surface area contributed by atoms with E-state index in [1.807, 2.05) is 55.6 Å². The molecule has 0 atom stereocenters. The smallest absolute Gasteiger partial charge is 0.255 e. The van der Waals surface area contributed by atoms with Gasteiger partial charge in [0.25, 0.3) is 5.91 Å². The zero-order chi connectivity index (χ0) is 19.2. The number of hydrogen-bond donors (Lipinski definition) is 0. The summed E-state index contributed by atoms with van der Waals surface area (Å²) in [5.41, 5.74) is 4.01. The van der Waals surface area contributed by atoms with Gasteiger partial charge in [-0.05, 0) is 49.2 Å². The highest BCUT2D eigenvalue weighted by atomic mass is 16.2. The second-order valence-electron chi connectivity index (χ2n) is 6.64. The first-order valence-corrected chi connectivity index (χ1v) is 9.18. The van der Waals surface area contributed by atoms with Crippen molar-refractivity contribution in [2.24, 2.45) is 0 Å². The van der Waals surface area contributed by atoms with E-state index in [-0.39, 0.29) is 5.91 Å². The molecule has 0 radical (unpaired) electrons. The van der Waals surface area contributed by atoms with Crippen molar-refractivity contribution in [1.82, 2.24) is 9.88 Å². The molecule has 0 unspecified atom stereocenters. The van der Waals surface area contributed by atoms with Crippen molar-refractivity contribution < 1.29 is 4.79 Å². The zero-order valence-corrected chi connectivity index (χ0v) is 16.1. The van der Waals surface area contributed by atoms with Crippen molar-refractivity contribution in [3.8, 4) is 0 Å². The minimum atomic E-state index is -0.0310. The lowest BCUT2D eigenvalue weighted by Crippen LogP contribution is -2.26. The number of benzene rings is 2. The van der Waals surface area contributed by atoms with Crippen LogP contribution in [0.3, 0.4) is 0 Å². The van der Waals surface area contributed by atoms with Gasteiger partial charge < -0.3 is 9.80 Å². The molecular weight excluding hydrogens is 334 g/mol. The van der Waals surface area contributed by atoms with E-state index in [4.69, 9.17) is 0 Å². The van der Waals surface area contributed by atoms with Crippen LogP contribution >= 0.6 is 0 Å². The van der Waals surface area contributed by atoms with Gasteiger partial charge >= 0.3 is 0 Å². The second-order valence-corrected chi connectivity index (χ2v) is 6.64. The van der Waals surface area contributed by atoms with Crippen LogP contribution in [-0.2, 0) is 6.54 Å². The first-order valence-electron chi connectivity index (χ1n) is 9.18. The average Bonchev–Trinajstić information content (AvgIpc) is 2.69. The van der Waals surface area contributed by atoms with E-state index in [1.54, 1.807) is 11.1 Å². The lowest BCUT2D eigenvalue weighted by molar-refractivity contribution is 0.0784. The van der Waals surface area contributed by atoms with E-state index in [1.165, 1.54) is 5.56 Å². The van der Waals surface area contributed by atoms with Gasteiger partial charge in [-0.25, -0.2) is 4.98 Å². The van der Waals surface area contributed by atoms with Gasteiger partial charge in [-0.3, -0.25) is 4.79 Å². The van der Waals surface area contributed by atoms with Gasteiger partial charge in [-0.2, -0.15) is 0 Å². The third-order valence-electron chi connectivity index (χ3n) is 4.51. The molecule has 138 valence electrons. The predicted molar refractivity (Wildman–Crippen MR) is 110 cm³/mol. The predicted octanol–water partition coefficient (Wildman–Crippen LogP) is 4.82. The molecule has 0 aliphatic heterocycles. The summed E-state index contributed by atoms with van der Waals surface area (Å²) >= 11 is 0. The number of amides is 1. The van der Waals surface area contributed by atoms with Gasteiger partial charge in [-0.15, -0.1) is 0 Å². The van der Waals surface area contributed by atoms with E-state index in [9.17, 15) is 4.79 Å². The average molecular weight is 359 g/mol. The van der Waals surface area contributed by atoms with Crippen molar-refractivity contribution >= 4 is 17.4 Å². The summed E-state index contributed by atoms with van der Waals surface area (Å²) in [6, 6.07) is 22.1. The van der Waals surface area contributed by atoms with Crippen LogP contribution in [0.2, 0.25) is 0 Å². The Morgan fingerprint density at radius 3 is 2.41 bits per heavy atom. The number of pyridine rings is 1. The number of aromatic nitrogens is 1. The maximum absolute atomic E-state index is 12.7. The standard InChI is InChI=1S/C23H25N3O/c1-4-26(21-12-8-9-18(2)15-21)22-14-13-20(16-24-22)23(27)25(3)17-19-10-6-5-7-11-19/h5-16H,4,17H2,1-3H3. The molecule has 1 heterocycles. The van der Waals surface area contributed by atoms with Crippen molar-refractivity contribution in [2.45, 2.75) is 20.4 Å². The Morgan fingerprint density at radius 1 is 1.00 bits per heavy atom. The normalized spacial score (nSPS) is 10.5. The van der Waals surface area contributed by atoms with Gasteiger partial charge in [0.1, 0.15) is 5.82 Å². The molecule has 1 amide bonds. The highest BCUT2D eigenvalue weighted by molar-refractivity contribution is 5.94. The van der Waals surface area contributed by atoms with Crippen LogP contribution in [-0.4, -0.2) is 29.4 Å². The molecule has 0 N–H and O–H groups in total. The number of aryl methyl sites for hydroxylation is 1. The molecule has 4 nitrogen and oxygen atoms in total. The molecule has 27 heavy (non-hydrogen) atoms. The van der Waals surface area contributed by atoms with Crippen LogP contribution in [0.5, 0.6) is 0 Å². The Morgan fingerprint density at radius 2 is 1.78 bits per heavy atom. The number of nitrogens with zero attached hydrogens (tertiary/aromatic N) is 3. The summed E-state index contributed by atoms with van der Waals surface area (Å²) in [6.45, 7) is 5.55. The molecule has 0 saturated heterocycles. The monoisotopic (exact) mass is 359 g/mol. The fraction of sp³-hybridized carbons (Fsp3) is 0.217. The molecule has 0 fully saturated rings. The Hall–Kier alpha value is -3.14. The highest BCUT2D eigenvalue weighted by Gasteiger charge is 2.14. The minimum absolute atomic E-state index is 0.0310. The molecule has 0 saturated carbocycles. The molecular formula is C23H25N3O. The van der Waals surface area contributed by atoms with Gasteiger partial charge in [0, 0.05) is 32.0 Å². The Kier molecular flexibility index (Phi) is 5.87. The van der Waals surface area contributed by atoms with E-state index >= 15 is 0 Å². The molecule has 4 heteroatoms. The van der Waals surface area contributed by atoms with Gasteiger partial charge in [-0.1, -0.05) is 42.5 Å². The molecule has 3 rings (SSSR count). The molecule has 3 aromatic rings. The fourth-order valence-corrected chi connectivity index (χ4v) is 3.09. The third kappa shape index (κ3) is 4.53. The van der Waals surface area contributed by atoms with E-state index in [0.717, 1.165) is 23.6 Å². The summed E-state index contributed by atoms with van der Waals surface area (Å²) in [7, 11) is 1.81. The number of carbonyl (C=O) groups excluding carboxylic acids is 1. The quantitative estimate of drug-likeness (QED) is 0.633. The van der Waals surface area contributed by atoms with Crippen LogP contribution in [0.4, 0.5) is 11.5 Å². The minimum Gasteiger partial charge on any atom is -0.337 e. The summed E-state index contributed by atoms with van der Waals surface area (Å²) < 4.78 is 0. The molecule has 2 aromatic carbocycles. The first kappa shape index (κ1) is 18.6. The number of hydrogen-bond acceptors (Lipinski definition) is 3. The Labute approximate surface area is 161 Å². The Balaban J connectivity index is 1.74. The van der Waals surface area contributed by atoms with Crippen LogP contribution in [0.25, 0.3) is 0 Å². The molecule has 0 aliphatic carbocycles. The van der Waals surface area contributed by atoms with Crippen molar-refractivity contribution in [2.75, 3.05) is 18.5 Å². The number of carbonyl (C=O) groups is 1. The molecule has 0 bridgehead atoms.